The molecule has 0 radical (unpaired) electrons. The smallest absolute Gasteiger partial charge is 0.322 e. The molecule has 1 unspecified atom stereocenters. The van der Waals surface area contributed by atoms with Crippen molar-refractivity contribution < 1.29 is 14.7 Å². The Balaban J connectivity index is 1.73. The first-order valence-corrected chi connectivity index (χ1v) is 8.19. The fourth-order valence-corrected chi connectivity index (χ4v) is 3.54. The Bertz CT molecular complexity index is 963. The molecule has 2 aromatic heterocycles. The van der Waals surface area contributed by atoms with Crippen molar-refractivity contribution >= 4 is 34.0 Å². The molecule has 8 heteroatoms. The molecule has 3 amide bonds. The Hall–Kier alpha value is -2.87. The van der Waals surface area contributed by atoms with Gasteiger partial charge in [0.1, 0.15) is 10.5 Å². The number of aromatic hydroxyl groups is 1. The molecule has 0 spiro atoms. The van der Waals surface area contributed by atoms with Crippen LogP contribution in [0.4, 0.5) is 4.79 Å². The predicted molar refractivity (Wildman–Crippen MR) is 89.8 cm³/mol. The number of nitrogens with one attached hydrogen (secondary N) is 2. The molecule has 4 rings (SSSR count). The van der Waals surface area contributed by atoms with E-state index in [9.17, 15) is 14.7 Å². The van der Waals surface area contributed by atoms with Gasteiger partial charge in [-0.15, -0.1) is 11.3 Å². The van der Waals surface area contributed by atoms with Gasteiger partial charge in [0.05, 0.1) is 6.54 Å². The molecular formula is C16H14N4O3S. The molecule has 24 heavy (non-hydrogen) atoms. The number of benzene rings is 1. The Morgan fingerprint density at radius 3 is 2.88 bits per heavy atom. The van der Waals surface area contributed by atoms with Crippen LogP contribution in [0.1, 0.15) is 6.92 Å². The molecule has 1 saturated heterocycles. The molecule has 3 aromatic rings. The van der Waals surface area contributed by atoms with E-state index in [4.69, 9.17) is 0 Å². The van der Waals surface area contributed by atoms with Gasteiger partial charge < -0.3 is 15.0 Å². The number of hydrogen-bond acceptors (Lipinski definition) is 5. The fourth-order valence-electron chi connectivity index (χ4n) is 2.91. The maximum Gasteiger partial charge on any atom is 0.322 e. The third-order valence-corrected chi connectivity index (χ3v) is 4.97. The summed E-state index contributed by atoms with van der Waals surface area (Å²) >= 11 is 1.54. The van der Waals surface area contributed by atoms with Gasteiger partial charge in [0, 0.05) is 34.1 Å². The summed E-state index contributed by atoms with van der Waals surface area (Å²) < 4.78 is 1.57. The molecule has 0 saturated carbocycles. The minimum absolute atomic E-state index is 0.0610. The maximum atomic E-state index is 12.0. The third kappa shape index (κ3) is 2.23. The lowest BCUT2D eigenvalue weighted by Gasteiger charge is -2.21. The summed E-state index contributed by atoms with van der Waals surface area (Å²) in [7, 11) is 0. The number of aromatic nitrogens is 2. The summed E-state index contributed by atoms with van der Waals surface area (Å²) in [5, 5.41) is 19.6. The van der Waals surface area contributed by atoms with Gasteiger partial charge in [-0.25, -0.2) is 9.78 Å². The molecule has 0 aliphatic carbocycles. The molecule has 1 aliphatic heterocycles. The highest BCUT2D eigenvalue weighted by Gasteiger charge is 2.42. The van der Waals surface area contributed by atoms with Crippen molar-refractivity contribution in [1.82, 2.24) is 20.2 Å². The molecule has 3 N–H and O–H groups in total. The summed E-state index contributed by atoms with van der Waals surface area (Å²) in [6.07, 6.45) is 3.51. The highest BCUT2D eigenvalue weighted by molar-refractivity contribution is 7.13. The average Bonchev–Trinajstić information content (AvgIpc) is 3.21. The fraction of sp³-hybridized carbons (Fsp3) is 0.188. The summed E-state index contributed by atoms with van der Waals surface area (Å²) in [4.78, 5) is 27.6. The van der Waals surface area contributed by atoms with E-state index in [1.807, 2.05) is 23.6 Å². The van der Waals surface area contributed by atoms with Crippen LogP contribution in [-0.4, -0.2) is 32.1 Å². The van der Waals surface area contributed by atoms with Crippen molar-refractivity contribution in [3.63, 3.8) is 0 Å². The summed E-state index contributed by atoms with van der Waals surface area (Å²) in [5.41, 5.74) is -0.130. The van der Waals surface area contributed by atoms with Gasteiger partial charge in [-0.1, -0.05) is 6.07 Å². The molecule has 1 aliphatic rings. The van der Waals surface area contributed by atoms with Gasteiger partial charge in [-0.2, -0.15) is 0 Å². The van der Waals surface area contributed by atoms with Crippen LogP contribution in [0.5, 0.6) is 5.88 Å². The van der Waals surface area contributed by atoms with Gasteiger partial charge in [-0.3, -0.25) is 10.1 Å². The van der Waals surface area contributed by atoms with Gasteiger partial charge >= 0.3 is 6.03 Å². The first-order chi connectivity index (χ1) is 11.5. The summed E-state index contributed by atoms with van der Waals surface area (Å²) in [5.74, 6) is -0.348. The lowest BCUT2D eigenvalue weighted by Crippen LogP contribution is -2.47. The van der Waals surface area contributed by atoms with Crippen LogP contribution in [0.15, 0.2) is 36.0 Å². The SMILES string of the molecule is CC1(Cn2cc3cc(-c4nccs4)ccc3c2O)NC(=O)NC1=O. The maximum absolute atomic E-state index is 12.0. The minimum atomic E-state index is -1.10. The quantitative estimate of drug-likeness (QED) is 0.635. The van der Waals surface area contributed by atoms with Crippen LogP contribution in [0.25, 0.3) is 21.3 Å². The molecule has 7 nitrogen and oxygen atoms in total. The highest BCUT2D eigenvalue weighted by Crippen LogP contribution is 2.33. The zero-order valence-corrected chi connectivity index (χ0v) is 13.6. The molecule has 1 atom stereocenters. The van der Waals surface area contributed by atoms with Crippen LogP contribution in [0.3, 0.4) is 0 Å². The summed E-state index contributed by atoms with van der Waals surface area (Å²) in [6, 6.07) is 5.15. The van der Waals surface area contributed by atoms with Crippen molar-refractivity contribution in [2.24, 2.45) is 0 Å². The highest BCUT2D eigenvalue weighted by atomic mass is 32.1. The van der Waals surface area contributed by atoms with E-state index in [1.165, 1.54) is 0 Å². The van der Waals surface area contributed by atoms with E-state index in [1.54, 1.807) is 35.2 Å². The van der Waals surface area contributed by atoms with Gasteiger partial charge in [0.2, 0.25) is 0 Å². The minimum Gasteiger partial charge on any atom is -0.494 e. The van der Waals surface area contributed by atoms with Crippen molar-refractivity contribution in [2.75, 3.05) is 0 Å². The van der Waals surface area contributed by atoms with E-state index in [0.717, 1.165) is 16.0 Å². The standard InChI is InChI=1S/C16H14N4O3S/c1-16(14(22)18-15(23)19-16)8-20-7-10-6-9(12-17-4-5-24-12)2-3-11(10)13(20)21/h2-7,21H,8H2,1H3,(H2,18,19,22,23). The van der Waals surface area contributed by atoms with Gasteiger partial charge in [0.15, 0.2) is 5.88 Å². The zero-order valence-electron chi connectivity index (χ0n) is 12.7. The van der Waals surface area contributed by atoms with Crippen molar-refractivity contribution in [2.45, 2.75) is 19.0 Å². The van der Waals surface area contributed by atoms with Crippen molar-refractivity contribution in [1.29, 1.82) is 0 Å². The second-order valence-corrected chi connectivity index (χ2v) is 6.85. The second kappa shape index (κ2) is 5.07. The second-order valence-electron chi connectivity index (χ2n) is 5.96. The van der Waals surface area contributed by atoms with Crippen LogP contribution in [-0.2, 0) is 11.3 Å². The number of rotatable bonds is 3. The summed E-state index contributed by atoms with van der Waals surface area (Å²) in [6.45, 7) is 1.76. The lowest BCUT2D eigenvalue weighted by molar-refractivity contribution is -0.123. The number of nitrogens with zero attached hydrogens (tertiary/aromatic N) is 2. The number of amides is 3. The van der Waals surface area contributed by atoms with E-state index in [-0.39, 0.29) is 12.4 Å². The van der Waals surface area contributed by atoms with E-state index < -0.39 is 17.5 Å². The topological polar surface area (TPSA) is 96.2 Å². The first-order valence-electron chi connectivity index (χ1n) is 7.32. The Kier molecular flexibility index (Phi) is 3.10. The Morgan fingerprint density at radius 2 is 2.21 bits per heavy atom. The molecule has 0 bridgehead atoms. The van der Waals surface area contributed by atoms with E-state index in [0.29, 0.717) is 5.39 Å². The number of carbonyl (C=O) groups is 2. The van der Waals surface area contributed by atoms with Crippen molar-refractivity contribution in [3.8, 4) is 16.5 Å². The number of urea groups is 1. The lowest BCUT2D eigenvalue weighted by atomic mass is 10.0. The molecule has 122 valence electrons. The van der Waals surface area contributed by atoms with E-state index in [2.05, 4.69) is 15.6 Å². The van der Waals surface area contributed by atoms with Crippen LogP contribution >= 0.6 is 11.3 Å². The number of thiazole rings is 1. The zero-order chi connectivity index (χ0) is 16.9. The predicted octanol–water partition coefficient (Wildman–Crippen LogP) is 2.07. The number of hydrogen-bond donors (Lipinski definition) is 3. The number of imide groups is 1. The normalized spacial score (nSPS) is 20.4. The third-order valence-electron chi connectivity index (χ3n) is 4.14. The molecule has 1 aromatic carbocycles. The van der Waals surface area contributed by atoms with Gasteiger partial charge in [-0.05, 0) is 19.1 Å². The number of fused-ring (bicyclic) bond motifs is 1. The Labute approximate surface area is 140 Å². The molecule has 1 fully saturated rings. The van der Waals surface area contributed by atoms with Crippen LogP contribution in [0, 0.1) is 0 Å². The van der Waals surface area contributed by atoms with Crippen molar-refractivity contribution in [3.05, 3.63) is 36.0 Å². The largest absolute Gasteiger partial charge is 0.494 e. The molecular weight excluding hydrogens is 328 g/mol. The van der Waals surface area contributed by atoms with Gasteiger partial charge in [0.25, 0.3) is 5.91 Å². The molecule has 3 heterocycles. The first kappa shape index (κ1) is 14.7. The average molecular weight is 342 g/mol. The van der Waals surface area contributed by atoms with Crippen LogP contribution in [0.2, 0.25) is 0 Å². The number of carbonyl (C=O) groups excluding carboxylic acids is 2. The van der Waals surface area contributed by atoms with E-state index >= 15 is 0 Å². The Morgan fingerprint density at radius 1 is 1.38 bits per heavy atom. The van der Waals surface area contributed by atoms with Crippen LogP contribution < -0.4 is 10.6 Å². The monoisotopic (exact) mass is 342 g/mol.